The van der Waals surface area contributed by atoms with Gasteiger partial charge in [-0.2, -0.15) is 0 Å². The minimum Gasteiger partial charge on any atom is -0.388 e. The molecule has 1 heterocycles. The van der Waals surface area contributed by atoms with Crippen LogP contribution in [0.1, 0.15) is 37.4 Å². The summed E-state index contributed by atoms with van der Waals surface area (Å²) in [6.45, 7) is 0.379. The van der Waals surface area contributed by atoms with Crippen LogP contribution >= 0.6 is 0 Å². The number of hydrogen-bond donors (Lipinski definition) is 1. The lowest BCUT2D eigenvalue weighted by Crippen LogP contribution is -2.31. The molecule has 1 unspecified atom stereocenters. The van der Waals surface area contributed by atoms with E-state index in [1.807, 2.05) is 35.0 Å². The fourth-order valence-corrected chi connectivity index (χ4v) is 2.35. The van der Waals surface area contributed by atoms with Gasteiger partial charge in [-0.3, -0.25) is 4.79 Å². The quantitative estimate of drug-likeness (QED) is 0.859. The van der Waals surface area contributed by atoms with Crippen molar-refractivity contribution in [1.29, 1.82) is 0 Å². The van der Waals surface area contributed by atoms with Crippen LogP contribution in [-0.4, -0.2) is 33.6 Å². The molecule has 1 N–H and O–H groups in total. The van der Waals surface area contributed by atoms with E-state index in [1.165, 1.54) is 0 Å². The van der Waals surface area contributed by atoms with Gasteiger partial charge in [-0.25, -0.2) is 0 Å². The van der Waals surface area contributed by atoms with E-state index in [2.05, 4.69) is 0 Å². The van der Waals surface area contributed by atoms with Crippen LogP contribution in [0.15, 0.2) is 18.5 Å². The van der Waals surface area contributed by atoms with E-state index in [-0.39, 0.29) is 12.0 Å². The molecule has 2 saturated carbocycles. The molecule has 0 spiro atoms. The van der Waals surface area contributed by atoms with Gasteiger partial charge in [-0.15, -0.1) is 0 Å². The van der Waals surface area contributed by atoms with Crippen LogP contribution in [0.4, 0.5) is 0 Å². The van der Waals surface area contributed by atoms with Crippen molar-refractivity contribution >= 4 is 5.91 Å². The van der Waals surface area contributed by atoms with Crippen molar-refractivity contribution in [1.82, 2.24) is 9.47 Å². The van der Waals surface area contributed by atoms with Gasteiger partial charge in [0.25, 0.3) is 0 Å². The summed E-state index contributed by atoms with van der Waals surface area (Å²) in [5.74, 6) is 0.589. The van der Waals surface area contributed by atoms with Crippen molar-refractivity contribution in [2.45, 2.75) is 44.4 Å². The lowest BCUT2D eigenvalue weighted by molar-refractivity contribution is -0.131. The Morgan fingerprint density at radius 1 is 1.50 bits per heavy atom. The number of likely N-dealkylation sites (N-methyl/N-ethyl adjacent to an activating group) is 1. The zero-order chi connectivity index (χ0) is 12.7. The average molecular weight is 248 g/mol. The third-order valence-corrected chi connectivity index (χ3v) is 3.99. The first-order valence-electron chi connectivity index (χ1n) is 6.74. The average Bonchev–Trinajstić information content (AvgIpc) is 3.24. The van der Waals surface area contributed by atoms with Gasteiger partial charge < -0.3 is 14.6 Å². The van der Waals surface area contributed by atoms with Gasteiger partial charge in [0.05, 0.1) is 6.10 Å². The molecule has 2 aliphatic carbocycles. The van der Waals surface area contributed by atoms with Crippen LogP contribution in [0.2, 0.25) is 0 Å². The third-order valence-electron chi connectivity index (χ3n) is 3.99. The van der Waals surface area contributed by atoms with Crippen LogP contribution in [-0.2, 0) is 11.3 Å². The topological polar surface area (TPSA) is 45.5 Å². The number of carbonyl (C=O) groups is 1. The fourth-order valence-electron chi connectivity index (χ4n) is 2.35. The second kappa shape index (κ2) is 4.43. The van der Waals surface area contributed by atoms with Gasteiger partial charge >= 0.3 is 0 Å². The molecule has 3 rings (SSSR count). The van der Waals surface area contributed by atoms with Gasteiger partial charge in [-0.05, 0) is 43.2 Å². The smallest absolute Gasteiger partial charge is 0.242 e. The van der Waals surface area contributed by atoms with Crippen LogP contribution in [0, 0.1) is 5.92 Å². The van der Waals surface area contributed by atoms with Gasteiger partial charge in [0.2, 0.25) is 5.91 Å². The molecule has 2 fully saturated rings. The van der Waals surface area contributed by atoms with Gasteiger partial charge in [0, 0.05) is 25.5 Å². The maximum atomic E-state index is 12.0. The molecule has 1 atom stereocenters. The Bertz CT molecular complexity index is 446. The van der Waals surface area contributed by atoms with Crippen molar-refractivity contribution < 1.29 is 9.90 Å². The molecule has 98 valence electrons. The van der Waals surface area contributed by atoms with E-state index in [4.69, 9.17) is 0 Å². The summed E-state index contributed by atoms with van der Waals surface area (Å²) in [5.41, 5.74) is 0.944. The predicted molar refractivity (Wildman–Crippen MR) is 67.9 cm³/mol. The second-order valence-corrected chi connectivity index (χ2v) is 5.64. The van der Waals surface area contributed by atoms with Crippen molar-refractivity contribution in [3.8, 4) is 0 Å². The number of rotatable bonds is 5. The van der Waals surface area contributed by atoms with E-state index in [9.17, 15) is 9.90 Å². The highest BCUT2D eigenvalue weighted by Crippen LogP contribution is 2.40. The number of amides is 1. The van der Waals surface area contributed by atoms with Crippen molar-refractivity contribution in [3.63, 3.8) is 0 Å². The normalized spacial score (nSPS) is 20.8. The monoisotopic (exact) mass is 248 g/mol. The Labute approximate surface area is 107 Å². The number of hydrogen-bond acceptors (Lipinski definition) is 2. The highest BCUT2D eigenvalue weighted by molar-refractivity contribution is 5.76. The summed E-state index contributed by atoms with van der Waals surface area (Å²) < 4.78 is 1.88. The third kappa shape index (κ3) is 2.43. The molecule has 0 saturated heterocycles. The maximum Gasteiger partial charge on any atom is 0.242 e. The van der Waals surface area contributed by atoms with Crippen LogP contribution in [0.5, 0.6) is 0 Å². The lowest BCUT2D eigenvalue weighted by Gasteiger charge is -2.16. The van der Waals surface area contributed by atoms with Crippen LogP contribution in [0.25, 0.3) is 0 Å². The van der Waals surface area contributed by atoms with E-state index in [0.29, 0.717) is 18.5 Å². The molecule has 4 nitrogen and oxygen atoms in total. The summed E-state index contributed by atoms with van der Waals surface area (Å²) in [7, 11) is 1.88. The second-order valence-electron chi connectivity index (χ2n) is 5.64. The van der Waals surface area contributed by atoms with E-state index < -0.39 is 0 Å². The maximum absolute atomic E-state index is 12.0. The van der Waals surface area contributed by atoms with E-state index >= 15 is 0 Å². The molecule has 1 amide bonds. The number of aliphatic hydroxyl groups is 1. The zero-order valence-corrected chi connectivity index (χ0v) is 10.7. The summed E-state index contributed by atoms with van der Waals surface area (Å²) in [6, 6.07) is 2.39. The summed E-state index contributed by atoms with van der Waals surface area (Å²) in [5, 5.41) is 10.0. The number of aromatic nitrogens is 1. The largest absolute Gasteiger partial charge is 0.388 e. The molecule has 0 aromatic carbocycles. The first kappa shape index (κ1) is 11.8. The first-order chi connectivity index (χ1) is 8.65. The fraction of sp³-hybridized carbons (Fsp3) is 0.643. The van der Waals surface area contributed by atoms with Gasteiger partial charge in [0.1, 0.15) is 6.54 Å². The van der Waals surface area contributed by atoms with E-state index in [1.54, 1.807) is 0 Å². The van der Waals surface area contributed by atoms with Crippen molar-refractivity contribution in [2.75, 3.05) is 7.05 Å². The summed E-state index contributed by atoms with van der Waals surface area (Å²) in [6.07, 6.45) is 7.97. The Balaban J connectivity index is 1.60. The Kier molecular flexibility index (Phi) is 2.90. The Morgan fingerprint density at radius 2 is 2.22 bits per heavy atom. The van der Waals surface area contributed by atoms with Gasteiger partial charge in [0.15, 0.2) is 0 Å². The van der Waals surface area contributed by atoms with Crippen molar-refractivity contribution in [2.24, 2.45) is 5.92 Å². The highest BCUT2D eigenvalue weighted by atomic mass is 16.3. The highest BCUT2D eigenvalue weighted by Gasteiger charge is 2.32. The van der Waals surface area contributed by atoms with Crippen LogP contribution < -0.4 is 0 Å². The zero-order valence-electron chi connectivity index (χ0n) is 10.7. The number of carbonyl (C=O) groups excluding carboxylic acids is 1. The van der Waals surface area contributed by atoms with Crippen molar-refractivity contribution in [3.05, 3.63) is 24.0 Å². The molecular weight excluding hydrogens is 228 g/mol. The minimum atomic E-state index is -0.345. The van der Waals surface area contributed by atoms with Gasteiger partial charge in [-0.1, -0.05) is 0 Å². The molecule has 1 aromatic rings. The minimum absolute atomic E-state index is 0.153. The van der Waals surface area contributed by atoms with Crippen LogP contribution in [0.3, 0.4) is 0 Å². The molecular formula is C14H20N2O2. The Hall–Kier alpha value is -1.29. The molecule has 0 aliphatic heterocycles. The first-order valence-corrected chi connectivity index (χ1v) is 6.74. The predicted octanol–water partition coefficient (Wildman–Crippen LogP) is 1.55. The molecule has 18 heavy (non-hydrogen) atoms. The molecule has 1 aromatic heterocycles. The standard InChI is InChI=1S/C14H20N2O2/c1-15(12-4-5-12)13(17)9-16-7-6-11(8-16)14(18)10-2-3-10/h6-8,10,12,14,18H,2-5,9H2,1H3. The molecule has 2 aliphatic rings. The summed E-state index contributed by atoms with van der Waals surface area (Å²) >= 11 is 0. The molecule has 0 radical (unpaired) electrons. The molecule has 4 heteroatoms. The molecule has 0 bridgehead atoms. The SMILES string of the molecule is CN(C(=O)Cn1ccc(C(O)C2CC2)c1)C1CC1. The number of nitrogens with zero attached hydrogens (tertiary/aromatic N) is 2. The van der Waals surface area contributed by atoms with E-state index in [0.717, 1.165) is 31.2 Å². The lowest BCUT2D eigenvalue weighted by atomic mass is 10.1. The number of aliphatic hydroxyl groups excluding tert-OH is 1. The summed E-state index contributed by atoms with van der Waals surface area (Å²) in [4.78, 5) is 13.8. The Morgan fingerprint density at radius 3 is 2.83 bits per heavy atom.